The predicted octanol–water partition coefficient (Wildman–Crippen LogP) is 3.21. The van der Waals surface area contributed by atoms with Gasteiger partial charge in [0.15, 0.2) is 0 Å². The molecule has 1 amide bonds. The monoisotopic (exact) mass is 319 g/mol. The van der Waals surface area contributed by atoms with Crippen LogP contribution in [-0.4, -0.2) is 34.0 Å². The van der Waals surface area contributed by atoms with Crippen LogP contribution in [0.4, 0.5) is 4.39 Å². The summed E-state index contributed by atoms with van der Waals surface area (Å²) in [6.07, 6.45) is 1.47. The van der Waals surface area contributed by atoms with E-state index in [-0.39, 0.29) is 21.7 Å². The molecule has 20 heavy (non-hydrogen) atoms. The first-order valence-electron chi connectivity index (χ1n) is 6.03. The Balaban J connectivity index is 2.37. The largest absolute Gasteiger partial charge is 0.480 e. The van der Waals surface area contributed by atoms with Gasteiger partial charge in [-0.25, -0.2) is 9.18 Å². The molecule has 1 fully saturated rings. The minimum Gasteiger partial charge on any atom is -0.480 e. The van der Waals surface area contributed by atoms with Crippen LogP contribution in [-0.2, 0) is 4.79 Å². The number of hydrogen-bond donors (Lipinski definition) is 1. The molecule has 1 aromatic carbocycles. The first-order valence-corrected chi connectivity index (χ1v) is 6.78. The van der Waals surface area contributed by atoms with Gasteiger partial charge in [-0.3, -0.25) is 4.79 Å². The normalized spacial score (nSPS) is 15.8. The van der Waals surface area contributed by atoms with E-state index in [2.05, 4.69) is 0 Å². The summed E-state index contributed by atoms with van der Waals surface area (Å²) >= 11 is 11.5. The molecule has 1 aromatic rings. The quantitative estimate of drug-likeness (QED) is 0.867. The Bertz CT molecular complexity index is 575. The van der Waals surface area contributed by atoms with Crippen molar-refractivity contribution in [3.8, 4) is 0 Å². The van der Waals surface area contributed by atoms with E-state index in [9.17, 15) is 14.0 Å². The fourth-order valence-electron chi connectivity index (χ4n) is 1.96. The van der Waals surface area contributed by atoms with Crippen LogP contribution in [0.1, 0.15) is 30.1 Å². The third-order valence-electron chi connectivity index (χ3n) is 3.19. The van der Waals surface area contributed by atoms with Crippen LogP contribution >= 0.6 is 23.2 Å². The Hall–Kier alpha value is -1.33. The van der Waals surface area contributed by atoms with Crippen molar-refractivity contribution in [3.05, 3.63) is 33.6 Å². The second kappa shape index (κ2) is 5.58. The summed E-state index contributed by atoms with van der Waals surface area (Å²) in [5, 5.41) is 8.89. The lowest BCUT2D eigenvalue weighted by Crippen LogP contribution is -2.44. The molecule has 0 saturated heterocycles. The van der Waals surface area contributed by atoms with Crippen molar-refractivity contribution in [1.29, 1.82) is 0 Å². The zero-order valence-corrected chi connectivity index (χ0v) is 12.1. The van der Waals surface area contributed by atoms with Gasteiger partial charge in [0.2, 0.25) is 0 Å². The van der Waals surface area contributed by atoms with Crippen LogP contribution < -0.4 is 0 Å². The van der Waals surface area contributed by atoms with E-state index >= 15 is 0 Å². The van der Waals surface area contributed by atoms with E-state index in [0.717, 1.165) is 25.0 Å². The summed E-state index contributed by atoms with van der Waals surface area (Å²) in [5.74, 6) is -2.48. The van der Waals surface area contributed by atoms with Gasteiger partial charge in [-0.15, -0.1) is 0 Å². The molecule has 0 bridgehead atoms. The molecule has 1 atom stereocenters. The minimum absolute atomic E-state index is 0.00430. The minimum atomic E-state index is -1.11. The molecule has 0 heterocycles. The molecular formula is C13H12Cl2FNO3. The highest BCUT2D eigenvalue weighted by molar-refractivity contribution is 6.36. The molecule has 0 aliphatic heterocycles. The van der Waals surface area contributed by atoms with Crippen molar-refractivity contribution >= 4 is 35.1 Å². The van der Waals surface area contributed by atoms with Crippen LogP contribution in [0.25, 0.3) is 0 Å². The van der Waals surface area contributed by atoms with E-state index in [0.29, 0.717) is 0 Å². The standard InChI is InChI=1S/C13H12Cl2FNO3/c1-6(13(19)20)17(7-2-3-7)12(18)8-4-11(16)10(15)5-9(8)14/h4-7H,2-3H2,1H3,(H,19,20). The lowest BCUT2D eigenvalue weighted by molar-refractivity contribution is -0.141. The number of amides is 1. The molecule has 7 heteroatoms. The number of rotatable bonds is 4. The smallest absolute Gasteiger partial charge is 0.326 e. The van der Waals surface area contributed by atoms with Crippen LogP contribution in [0.15, 0.2) is 12.1 Å². The van der Waals surface area contributed by atoms with Gasteiger partial charge >= 0.3 is 5.97 Å². The van der Waals surface area contributed by atoms with Gasteiger partial charge in [0.1, 0.15) is 11.9 Å². The number of nitrogens with zero attached hydrogens (tertiary/aromatic N) is 1. The molecule has 108 valence electrons. The average molecular weight is 320 g/mol. The summed E-state index contributed by atoms with van der Waals surface area (Å²) < 4.78 is 13.5. The Morgan fingerprint density at radius 1 is 1.35 bits per heavy atom. The van der Waals surface area contributed by atoms with E-state index < -0.39 is 23.7 Å². The molecule has 1 unspecified atom stereocenters. The second-order valence-corrected chi connectivity index (χ2v) is 5.52. The van der Waals surface area contributed by atoms with Gasteiger partial charge in [0.25, 0.3) is 5.91 Å². The van der Waals surface area contributed by atoms with Gasteiger partial charge in [-0.2, -0.15) is 0 Å². The maximum atomic E-state index is 13.5. The molecule has 0 spiro atoms. The van der Waals surface area contributed by atoms with Gasteiger partial charge in [0, 0.05) is 6.04 Å². The molecular weight excluding hydrogens is 308 g/mol. The molecule has 1 aliphatic rings. The zero-order valence-electron chi connectivity index (χ0n) is 10.6. The number of carbonyl (C=O) groups is 2. The van der Waals surface area contributed by atoms with E-state index in [1.165, 1.54) is 11.8 Å². The molecule has 4 nitrogen and oxygen atoms in total. The van der Waals surface area contributed by atoms with Crippen LogP contribution in [0.2, 0.25) is 10.0 Å². The van der Waals surface area contributed by atoms with E-state index in [1.807, 2.05) is 0 Å². The van der Waals surface area contributed by atoms with Crippen molar-refractivity contribution in [2.24, 2.45) is 0 Å². The second-order valence-electron chi connectivity index (χ2n) is 4.70. The molecule has 1 aliphatic carbocycles. The summed E-state index contributed by atoms with van der Waals surface area (Å²) in [6.45, 7) is 1.42. The third-order valence-corrected chi connectivity index (χ3v) is 3.79. The first-order chi connectivity index (χ1) is 9.32. The highest BCUT2D eigenvalue weighted by Gasteiger charge is 2.39. The van der Waals surface area contributed by atoms with Crippen molar-refractivity contribution in [2.75, 3.05) is 0 Å². The molecule has 1 saturated carbocycles. The maximum absolute atomic E-state index is 13.5. The van der Waals surface area contributed by atoms with Crippen LogP contribution in [0.3, 0.4) is 0 Å². The Morgan fingerprint density at radius 2 is 1.95 bits per heavy atom. The van der Waals surface area contributed by atoms with Gasteiger partial charge in [0.05, 0.1) is 15.6 Å². The number of carboxylic acids is 1. The number of benzene rings is 1. The van der Waals surface area contributed by atoms with Crippen molar-refractivity contribution < 1.29 is 19.1 Å². The summed E-state index contributed by atoms with van der Waals surface area (Å²) in [5.41, 5.74) is -0.0754. The molecule has 0 aromatic heterocycles. The molecule has 0 radical (unpaired) electrons. The number of aliphatic carboxylic acids is 1. The third kappa shape index (κ3) is 2.88. The Kier molecular flexibility index (Phi) is 4.20. The van der Waals surface area contributed by atoms with Gasteiger partial charge < -0.3 is 10.0 Å². The van der Waals surface area contributed by atoms with Crippen molar-refractivity contribution in [1.82, 2.24) is 4.90 Å². The number of halogens is 3. The fourth-order valence-corrected chi connectivity index (χ4v) is 2.42. The van der Waals surface area contributed by atoms with Crippen LogP contribution in [0.5, 0.6) is 0 Å². The van der Waals surface area contributed by atoms with E-state index in [1.54, 1.807) is 0 Å². The highest BCUT2D eigenvalue weighted by atomic mass is 35.5. The SMILES string of the molecule is CC(C(=O)O)N(C(=O)c1cc(F)c(Cl)cc1Cl)C1CC1. The first kappa shape index (κ1) is 15.1. The number of carboxylic acid groups (broad SMARTS) is 1. The summed E-state index contributed by atoms with van der Waals surface area (Å²) in [6, 6.07) is 0.951. The van der Waals surface area contributed by atoms with Crippen LogP contribution in [0, 0.1) is 5.82 Å². The Morgan fingerprint density at radius 3 is 2.45 bits per heavy atom. The lowest BCUT2D eigenvalue weighted by Gasteiger charge is -2.27. The number of hydrogen-bond acceptors (Lipinski definition) is 2. The summed E-state index contributed by atoms with van der Waals surface area (Å²) in [4.78, 5) is 24.8. The summed E-state index contributed by atoms with van der Waals surface area (Å²) in [7, 11) is 0. The van der Waals surface area contributed by atoms with Gasteiger partial charge in [-0.05, 0) is 31.9 Å². The predicted molar refractivity (Wildman–Crippen MR) is 72.7 cm³/mol. The topological polar surface area (TPSA) is 57.6 Å². The fraction of sp³-hybridized carbons (Fsp3) is 0.385. The highest BCUT2D eigenvalue weighted by Crippen LogP contribution is 2.32. The van der Waals surface area contributed by atoms with Crippen molar-refractivity contribution in [2.45, 2.75) is 31.8 Å². The lowest BCUT2D eigenvalue weighted by atomic mass is 10.1. The Labute approximate surface area is 125 Å². The van der Waals surface area contributed by atoms with Crippen molar-refractivity contribution in [3.63, 3.8) is 0 Å². The zero-order chi connectivity index (χ0) is 15.0. The van der Waals surface area contributed by atoms with E-state index in [4.69, 9.17) is 28.3 Å². The molecule has 2 rings (SSSR count). The maximum Gasteiger partial charge on any atom is 0.326 e. The molecule has 1 N–H and O–H groups in total. The average Bonchev–Trinajstić information content (AvgIpc) is 3.18. The van der Waals surface area contributed by atoms with Gasteiger partial charge in [-0.1, -0.05) is 23.2 Å². The number of carbonyl (C=O) groups excluding carboxylic acids is 1.